The Labute approximate surface area is 93.8 Å². The van der Waals surface area contributed by atoms with E-state index in [1.165, 1.54) is 10.9 Å². The van der Waals surface area contributed by atoms with Gasteiger partial charge in [-0.25, -0.2) is 9.78 Å². The van der Waals surface area contributed by atoms with E-state index in [-0.39, 0.29) is 11.5 Å². The Bertz CT molecular complexity index is 449. The van der Waals surface area contributed by atoms with Crippen LogP contribution in [0.1, 0.15) is 36.8 Å². The normalized spacial score (nSPS) is 10.8. The highest BCUT2D eigenvalue weighted by molar-refractivity contribution is 5.88. The Morgan fingerprint density at radius 3 is 2.62 bits per heavy atom. The quantitative estimate of drug-likeness (QED) is 0.833. The molecular formula is C11H16N2O3. The highest BCUT2D eigenvalue weighted by Gasteiger charge is 2.18. The lowest BCUT2D eigenvalue weighted by molar-refractivity contribution is 0.0692. The topological polar surface area (TPSA) is 72.2 Å². The number of carboxylic acid groups (broad SMARTS) is 1. The smallest absolute Gasteiger partial charge is 0.343 e. The fraction of sp³-hybridized carbons (Fsp3) is 0.545. The molecule has 0 aliphatic heterocycles. The van der Waals surface area contributed by atoms with E-state index in [2.05, 4.69) is 4.98 Å². The minimum absolute atomic E-state index is 0.196. The van der Waals surface area contributed by atoms with E-state index in [1.807, 2.05) is 13.8 Å². The summed E-state index contributed by atoms with van der Waals surface area (Å²) in [4.78, 5) is 26.9. The summed E-state index contributed by atoms with van der Waals surface area (Å²) in [5.41, 5.74) is -0.295. The molecule has 0 amide bonds. The molecule has 0 unspecified atom stereocenters. The number of hydrogen-bond acceptors (Lipinski definition) is 3. The molecule has 0 radical (unpaired) electrons. The van der Waals surface area contributed by atoms with Crippen molar-refractivity contribution in [2.24, 2.45) is 5.92 Å². The molecule has 1 heterocycles. The Morgan fingerprint density at radius 1 is 1.56 bits per heavy atom. The molecule has 0 aromatic carbocycles. The summed E-state index contributed by atoms with van der Waals surface area (Å²) in [5, 5.41) is 9.03. The van der Waals surface area contributed by atoms with Crippen molar-refractivity contribution >= 4 is 5.97 Å². The van der Waals surface area contributed by atoms with Crippen molar-refractivity contribution in [3.8, 4) is 0 Å². The number of carbonyl (C=O) groups is 1. The second kappa shape index (κ2) is 4.92. The van der Waals surface area contributed by atoms with Gasteiger partial charge in [0.15, 0.2) is 0 Å². The van der Waals surface area contributed by atoms with Gasteiger partial charge in [-0.2, -0.15) is 0 Å². The van der Waals surface area contributed by atoms with Gasteiger partial charge in [-0.15, -0.1) is 0 Å². The van der Waals surface area contributed by atoms with E-state index in [9.17, 15) is 9.59 Å². The highest BCUT2D eigenvalue weighted by Crippen LogP contribution is 2.07. The summed E-state index contributed by atoms with van der Waals surface area (Å²) >= 11 is 0. The van der Waals surface area contributed by atoms with Crippen LogP contribution in [0.4, 0.5) is 0 Å². The SMILES string of the molecule is CCn1cnc(CC(C)C)c(C(=O)O)c1=O. The molecule has 0 aliphatic rings. The zero-order valence-corrected chi connectivity index (χ0v) is 9.73. The third-order valence-corrected chi connectivity index (χ3v) is 2.27. The molecule has 16 heavy (non-hydrogen) atoms. The molecule has 5 heteroatoms. The van der Waals surface area contributed by atoms with Crippen molar-refractivity contribution in [1.29, 1.82) is 0 Å². The number of hydrogen-bond donors (Lipinski definition) is 1. The molecule has 1 rings (SSSR count). The molecule has 5 nitrogen and oxygen atoms in total. The number of carboxylic acids is 1. The van der Waals surface area contributed by atoms with Gasteiger partial charge in [0.05, 0.1) is 12.0 Å². The van der Waals surface area contributed by atoms with E-state index in [4.69, 9.17) is 5.11 Å². The second-order valence-electron chi connectivity index (χ2n) is 4.06. The molecule has 88 valence electrons. The monoisotopic (exact) mass is 224 g/mol. The second-order valence-corrected chi connectivity index (χ2v) is 4.06. The lowest BCUT2D eigenvalue weighted by Crippen LogP contribution is -2.29. The van der Waals surface area contributed by atoms with Crippen LogP contribution in [0.25, 0.3) is 0 Å². The Kier molecular flexibility index (Phi) is 3.82. The molecule has 1 N–H and O–H groups in total. The van der Waals surface area contributed by atoms with Crippen LogP contribution in [0.3, 0.4) is 0 Å². The minimum atomic E-state index is -1.20. The fourth-order valence-electron chi connectivity index (χ4n) is 1.51. The summed E-state index contributed by atoms with van der Waals surface area (Å²) in [6.45, 7) is 6.11. The predicted octanol–water partition coefficient (Wildman–Crippen LogP) is 1.16. The van der Waals surface area contributed by atoms with E-state index in [0.717, 1.165) is 0 Å². The van der Waals surface area contributed by atoms with Gasteiger partial charge < -0.3 is 5.11 Å². The molecule has 0 spiro atoms. The van der Waals surface area contributed by atoms with Gasteiger partial charge in [0.2, 0.25) is 0 Å². The lowest BCUT2D eigenvalue weighted by Gasteiger charge is -2.09. The minimum Gasteiger partial charge on any atom is -0.477 e. The van der Waals surface area contributed by atoms with Crippen LogP contribution in [0.15, 0.2) is 11.1 Å². The molecule has 1 aromatic heterocycles. The number of aromatic nitrogens is 2. The van der Waals surface area contributed by atoms with Crippen LogP contribution >= 0.6 is 0 Å². The molecular weight excluding hydrogens is 208 g/mol. The molecule has 0 bridgehead atoms. The van der Waals surface area contributed by atoms with Crippen molar-refractivity contribution in [3.63, 3.8) is 0 Å². The maximum Gasteiger partial charge on any atom is 0.343 e. The summed E-state index contributed by atoms with van der Waals surface area (Å²) in [7, 11) is 0. The fourth-order valence-corrected chi connectivity index (χ4v) is 1.51. The molecule has 0 aliphatic carbocycles. The first kappa shape index (κ1) is 12.4. The number of nitrogens with zero attached hydrogens (tertiary/aromatic N) is 2. The largest absolute Gasteiger partial charge is 0.477 e. The van der Waals surface area contributed by atoms with Crippen molar-refractivity contribution in [2.75, 3.05) is 0 Å². The van der Waals surface area contributed by atoms with Crippen LogP contribution in [0.2, 0.25) is 0 Å². The lowest BCUT2D eigenvalue weighted by atomic mass is 10.0. The first-order valence-corrected chi connectivity index (χ1v) is 5.29. The Balaban J connectivity index is 3.35. The van der Waals surface area contributed by atoms with Gasteiger partial charge in [0.25, 0.3) is 5.56 Å². The Hall–Kier alpha value is -1.65. The van der Waals surface area contributed by atoms with Crippen LogP contribution in [0, 0.1) is 5.92 Å². The average molecular weight is 224 g/mol. The van der Waals surface area contributed by atoms with Gasteiger partial charge in [-0.05, 0) is 19.3 Å². The van der Waals surface area contributed by atoms with Crippen molar-refractivity contribution in [1.82, 2.24) is 9.55 Å². The molecule has 0 saturated carbocycles. The van der Waals surface area contributed by atoms with Crippen molar-refractivity contribution < 1.29 is 9.90 Å². The van der Waals surface area contributed by atoms with Crippen LogP contribution in [-0.4, -0.2) is 20.6 Å². The Morgan fingerprint density at radius 2 is 2.19 bits per heavy atom. The van der Waals surface area contributed by atoms with Crippen LogP contribution < -0.4 is 5.56 Å². The summed E-state index contributed by atoms with van der Waals surface area (Å²) in [5.74, 6) is -0.932. The van der Waals surface area contributed by atoms with E-state index < -0.39 is 11.5 Å². The third-order valence-electron chi connectivity index (χ3n) is 2.27. The summed E-state index contributed by atoms with van der Waals surface area (Å²) in [6, 6.07) is 0. The average Bonchev–Trinajstić information content (AvgIpc) is 2.16. The van der Waals surface area contributed by atoms with E-state index in [1.54, 1.807) is 6.92 Å². The maximum absolute atomic E-state index is 11.8. The first-order valence-electron chi connectivity index (χ1n) is 5.29. The summed E-state index contributed by atoms with van der Waals surface area (Å²) < 4.78 is 1.30. The number of rotatable bonds is 4. The highest BCUT2D eigenvalue weighted by atomic mass is 16.4. The van der Waals surface area contributed by atoms with Crippen LogP contribution in [-0.2, 0) is 13.0 Å². The molecule has 0 saturated heterocycles. The van der Waals surface area contributed by atoms with E-state index in [0.29, 0.717) is 18.7 Å². The standard InChI is InChI=1S/C11H16N2O3/c1-4-13-6-12-8(5-7(2)3)9(10(13)14)11(15)16/h6-7H,4-5H2,1-3H3,(H,15,16). The van der Waals surface area contributed by atoms with E-state index >= 15 is 0 Å². The zero-order chi connectivity index (χ0) is 12.3. The summed E-state index contributed by atoms with van der Waals surface area (Å²) in [6.07, 6.45) is 1.91. The predicted molar refractivity (Wildman–Crippen MR) is 59.7 cm³/mol. The number of aromatic carboxylic acids is 1. The molecule has 0 fully saturated rings. The van der Waals surface area contributed by atoms with Gasteiger partial charge in [-0.1, -0.05) is 13.8 Å². The van der Waals surface area contributed by atoms with Gasteiger partial charge in [-0.3, -0.25) is 9.36 Å². The third kappa shape index (κ3) is 2.48. The van der Waals surface area contributed by atoms with Crippen molar-refractivity contribution in [3.05, 3.63) is 27.9 Å². The molecule has 1 aromatic rings. The number of aryl methyl sites for hydroxylation is 1. The maximum atomic E-state index is 11.8. The first-order chi connectivity index (χ1) is 7.47. The van der Waals surface area contributed by atoms with Crippen LogP contribution in [0.5, 0.6) is 0 Å². The van der Waals surface area contributed by atoms with Gasteiger partial charge in [0.1, 0.15) is 5.56 Å². The zero-order valence-electron chi connectivity index (χ0n) is 9.73. The van der Waals surface area contributed by atoms with Crippen molar-refractivity contribution in [2.45, 2.75) is 33.7 Å². The van der Waals surface area contributed by atoms with Gasteiger partial charge >= 0.3 is 5.97 Å². The molecule has 0 atom stereocenters. The van der Waals surface area contributed by atoms with Gasteiger partial charge in [0, 0.05) is 6.54 Å².